The highest BCUT2D eigenvalue weighted by Gasteiger charge is 2.43. The van der Waals surface area contributed by atoms with Crippen LogP contribution in [-0.2, 0) is 5.41 Å². The lowest BCUT2D eigenvalue weighted by molar-refractivity contribution is 0.589. The maximum atomic E-state index is 5.32. The van der Waals surface area contributed by atoms with Crippen molar-refractivity contribution in [2.24, 2.45) is 0 Å². The van der Waals surface area contributed by atoms with Gasteiger partial charge >= 0.3 is 0 Å². The first kappa shape index (κ1) is 34.1. The Hall–Kier alpha value is -7.18. The third-order valence-electron chi connectivity index (χ3n) is 11.8. The summed E-state index contributed by atoms with van der Waals surface area (Å²) in [5.74, 6) is 0.916. The van der Waals surface area contributed by atoms with Gasteiger partial charge in [0, 0.05) is 51.6 Å². The Morgan fingerprint density at radius 1 is 0.483 bits per heavy atom. The zero-order chi connectivity index (χ0) is 39.0. The molecular weight excluding hydrogens is 705 g/mol. The largest absolute Gasteiger partial charge is 0.311 e. The Morgan fingerprint density at radius 2 is 1.03 bits per heavy atom. The number of benzene rings is 7. The molecule has 2 aromatic heterocycles. The minimum Gasteiger partial charge on any atom is -0.311 e. The molecule has 11 rings (SSSR count). The van der Waals surface area contributed by atoms with E-state index in [1.165, 1.54) is 33.3 Å². The molecule has 58 heavy (non-hydrogen) atoms. The fourth-order valence-electron chi connectivity index (χ4n) is 9.07. The predicted molar refractivity (Wildman–Crippen MR) is 242 cm³/mol. The Balaban J connectivity index is 1.21. The molecule has 0 spiro atoms. The average Bonchev–Trinajstić information content (AvgIpc) is 3.66. The SMILES string of the molecule is CC(C)(C)c1ccnc(-c2ccc3c(c2)B2c4cc(-c5nc6ccccc6n5-c5ccccc5)ccc4N(c4ccccc4)c4cccc(c42)N3c2ccccc2)c1. The number of hydrogen-bond donors (Lipinski definition) is 0. The molecule has 9 aromatic rings. The van der Waals surface area contributed by atoms with Crippen molar-refractivity contribution in [1.29, 1.82) is 0 Å². The second-order valence-electron chi connectivity index (χ2n) is 16.3. The summed E-state index contributed by atoms with van der Waals surface area (Å²) in [5, 5.41) is 0. The molecule has 0 unspecified atom stereocenters. The van der Waals surface area contributed by atoms with Gasteiger partial charge in [-0.05, 0) is 124 Å². The fraction of sp³-hybridized carbons (Fsp3) is 0.0769. The van der Waals surface area contributed by atoms with E-state index < -0.39 is 0 Å². The number of hydrogen-bond acceptors (Lipinski definition) is 4. The lowest BCUT2D eigenvalue weighted by Gasteiger charge is -2.44. The molecule has 276 valence electrons. The van der Waals surface area contributed by atoms with Gasteiger partial charge < -0.3 is 9.80 Å². The summed E-state index contributed by atoms with van der Waals surface area (Å²) >= 11 is 0. The van der Waals surface area contributed by atoms with Gasteiger partial charge in [0.15, 0.2) is 0 Å². The second-order valence-corrected chi connectivity index (χ2v) is 16.3. The monoisotopic (exact) mass is 745 g/mol. The summed E-state index contributed by atoms with van der Waals surface area (Å²) in [6.45, 7) is 6.71. The molecule has 2 aliphatic heterocycles. The first-order chi connectivity index (χ1) is 28.4. The molecule has 2 aliphatic rings. The highest BCUT2D eigenvalue weighted by molar-refractivity contribution is 7.00. The van der Waals surface area contributed by atoms with Gasteiger partial charge in [0.25, 0.3) is 6.71 Å². The van der Waals surface area contributed by atoms with E-state index in [9.17, 15) is 0 Å². The van der Waals surface area contributed by atoms with Crippen molar-refractivity contribution in [1.82, 2.24) is 14.5 Å². The lowest BCUT2D eigenvalue weighted by atomic mass is 9.33. The molecule has 0 amide bonds. The van der Waals surface area contributed by atoms with Crippen LogP contribution in [0.15, 0.2) is 188 Å². The van der Waals surface area contributed by atoms with Crippen molar-refractivity contribution in [3.05, 3.63) is 194 Å². The van der Waals surface area contributed by atoms with E-state index in [2.05, 4.69) is 217 Å². The van der Waals surface area contributed by atoms with Crippen LogP contribution in [0.2, 0.25) is 0 Å². The normalized spacial score (nSPS) is 13.0. The van der Waals surface area contributed by atoms with Crippen LogP contribution in [0.5, 0.6) is 0 Å². The first-order valence-electron chi connectivity index (χ1n) is 20.0. The van der Waals surface area contributed by atoms with Crippen molar-refractivity contribution in [3.63, 3.8) is 0 Å². The predicted octanol–water partition coefficient (Wildman–Crippen LogP) is 11.1. The van der Waals surface area contributed by atoms with Crippen LogP contribution < -0.4 is 26.2 Å². The van der Waals surface area contributed by atoms with Crippen molar-refractivity contribution in [2.75, 3.05) is 9.80 Å². The Morgan fingerprint density at radius 3 is 1.66 bits per heavy atom. The maximum absolute atomic E-state index is 5.32. The quantitative estimate of drug-likeness (QED) is 0.164. The van der Waals surface area contributed by atoms with Gasteiger partial charge in [-0.2, -0.15) is 0 Å². The molecule has 4 heterocycles. The second kappa shape index (κ2) is 13.2. The van der Waals surface area contributed by atoms with Crippen LogP contribution in [0.3, 0.4) is 0 Å². The molecule has 7 aromatic carbocycles. The molecule has 0 bridgehead atoms. The van der Waals surface area contributed by atoms with E-state index >= 15 is 0 Å². The Labute approximate surface area is 339 Å². The zero-order valence-electron chi connectivity index (χ0n) is 32.7. The number of pyridine rings is 1. The number of rotatable bonds is 5. The summed E-state index contributed by atoms with van der Waals surface area (Å²) in [5.41, 5.74) is 18.2. The van der Waals surface area contributed by atoms with Gasteiger partial charge in [-0.25, -0.2) is 4.98 Å². The van der Waals surface area contributed by atoms with Crippen LogP contribution in [0, 0.1) is 0 Å². The molecule has 0 saturated heterocycles. The molecule has 0 N–H and O–H groups in total. The Kier molecular flexibility index (Phi) is 7.77. The number of anilines is 6. The van der Waals surface area contributed by atoms with Crippen LogP contribution in [-0.4, -0.2) is 21.2 Å². The molecule has 0 aliphatic carbocycles. The third kappa shape index (κ3) is 5.40. The highest BCUT2D eigenvalue weighted by atomic mass is 15.2. The van der Waals surface area contributed by atoms with Gasteiger partial charge in [-0.1, -0.05) is 112 Å². The van der Waals surface area contributed by atoms with E-state index in [1.807, 2.05) is 6.20 Å². The van der Waals surface area contributed by atoms with Gasteiger partial charge in [0.2, 0.25) is 0 Å². The molecule has 5 nitrogen and oxygen atoms in total. The summed E-state index contributed by atoms with van der Waals surface area (Å²) < 4.78 is 2.30. The smallest absolute Gasteiger partial charge is 0.252 e. The van der Waals surface area contributed by atoms with Gasteiger partial charge in [0.1, 0.15) is 5.82 Å². The van der Waals surface area contributed by atoms with Crippen LogP contribution in [0.1, 0.15) is 26.3 Å². The van der Waals surface area contributed by atoms with Gasteiger partial charge in [-0.3, -0.25) is 9.55 Å². The number of aromatic nitrogens is 3. The molecule has 0 fully saturated rings. The summed E-state index contributed by atoms with van der Waals surface area (Å²) in [6, 6.07) is 65.7. The van der Waals surface area contributed by atoms with Crippen LogP contribution in [0.25, 0.3) is 39.4 Å². The molecular formula is C52H40BN5. The van der Waals surface area contributed by atoms with Crippen LogP contribution in [0.4, 0.5) is 34.1 Å². The van der Waals surface area contributed by atoms with Crippen LogP contribution >= 0.6 is 0 Å². The van der Waals surface area contributed by atoms with E-state index in [0.29, 0.717) is 0 Å². The minimum absolute atomic E-state index is 0.000291. The number of para-hydroxylation sites is 5. The van der Waals surface area contributed by atoms with Crippen molar-refractivity contribution >= 4 is 68.3 Å². The molecule has 0 radical (unpaired) electrons. The standard InChI is InChI=1S/C52H40BN5/c1-52(2,3)37-30-31-54-44(34-37)35-26-28-45-41(32-35)53-42-33-36(51-55-43-22-13-14-23-47(43)58(51)40-20-11-6-12-21-40)27-29-46(42)57(39-18-9-5-10-19-39)49-25-15-24-48(50(49)53)56(45)38-16-7-4-8-17-38/h4-34H,1-3H3. The average molecular weight is 746 g/mol. The summed E-state index contributed by atoms with van der Waals surface area (Å²) in [4.78, 5) is 15.2. The fourth-order valence-corrected chi connectivity index (χ4v) is 9.07. The summed E-state index contributed by atoms with van der Waals surface area (Å²) in [7, 11) is 0. The van der Waals surface area contributed by atoms with Gasteiger partial charge in [-0.15, -0.1) is 0 Å². The molecule has 6 heteroatoms. The first-order valence-corrected chi connectivity index (χ1v) is 20.0. The lowest BCUT2D eigenvalue weighted by Crippen LogP contribution is -2.61. The highest BCUT2D eigenvalue weighted by Crippen LogP contribution is 2.45. The third-order valence-corrected chi connectivity index (χ3v) is 11.8. The topological polar surface area (TPSA) is 37.2 Å². The maximum Gasteiger partial charge on any atom is 0.252 e. The van der Waals surface area contributed by atoms with E-state index in [4.69, 9.17) is 9.97 Å². The van der Waals surface area contributed by atoms with E-state index in [-0.39, 0.29) is 12.1 Å². The molecule has 0 atom stereocenters. The minimum atomic E-state index is -0.0728. The van der Waals surface area contributed by atoms with E-state index in [1.54, 1.807) is 0 Å². The Bertz CT molecular complexity index is 2990. The van der Waals surface area contributed by atoms with Crippen molar-refractivity contribution in [3.8, 4) is 28.3 Å². The van der Waals surface area contributed by atoms with Crippen molar-refractivity contribution < 1.29 is 0 Å². The van der Waals surface area contributed by atoms with E-state index in [0.717, 1.165) is 62.1 Å². The zero-order valence-corrected chi connectivity index (χ0v) is 32.7. The number of imidazole rings is 1. The molecule has 0 saturated carbocycles. The van der Waals surface area contributed by atoms with Gasteiger partial charge in [0.05, 0.1) is 16.7 Å². The summed E-state index contributed by atoms with van der Waals surface area (Å²) in [6.07, 6.45) is 1.96. The number of nitrogens with zero attached hydrogens (tertiary/aromatic N) is 5. The van der Waals surface area contributed by atoms with Crippen molar-refractivity contribution in [2.45, 2.75) is 26.2 Å². The number of fused-ring (bicyclic) bond motifs is 5.